The molecule has 2 N–H and O–H groups in total. The lowest BCUT2D eigenvalue weighted by Crippen LogP contribution is -2.03. The molecule has 4 nitrogen and oxygen atoms in total. The second-order valence-electron chi connectivity index (χ2n) is 3.05. The van der Waals surface area contributed by atoms with E-state index in [2.05, 4.69) is 15.5 Å². The standard InChI is InChI=1S/C8H15N3OS2/c1-6(3-12)4-13-5-7-10-11-8(9-2)14-7/h6,12H,3-5H2,1-2H3,(H,9,11). The predicted molar refractivity (Wildman–Crippen MR) is 61.9 cm³/mol. The number of aliphatic hydroxyl groups is 1. The fourth-order valence-electron chi connectivity index (χ4n) is 0.813. The van der Waals surface area contributed by atoms with Gasteiger partial charge >= 0.3 is 0 Å². The highest BCUT2D eigenvalue weighted by Crippen LogP contribution is 2.20. The van der Waals surface area contributed by atoms with Crippen LogP contribution in [0.1, 0.15) is 11.9 Å². The maximum Gasteiger partial charge on any atom is 0.205 e. The van der Waals surface area contributed by atoms with Gasteiger partial charge in [-0.3, -0.25) is 0 Å². The van der Waals surface area contributed by atoms with Crippen molar-refractivity contribution in [3.05, 3.63) is 5.01 Å². The third kappa shape index (κ3) is 3.81. The van der Waals surface area contributed by atoms with Crippen LogP contribution >= 0.6 is 23.1 Å². The molecule has 0 saturated heterocycles. The first-order valence-electron chi connectivity index (χ1n) is 4.45. The number of nitrogens with one attached hydrogen (secondary N) is 1. The van der Waals surface area contributed by atoms with Gasteiger partial charge in [0.25, 0.3) is 0 Å². The molecule has 0 amide bonds. The Bertz CT molecular complexity index is 267. The average molecular weight is 233 g/mol. The molecule has 14 heavy (non-hydrogen) atoms. The normalized spacial score (nSPS) is 12.8. The van der Waals surface area contributed by atoms with Gasteiger partial charge in [0.05, 0.1) is 0 Å². The molecule has 1 unspecified atom stereocenters. The van der Waals surface area contributed by atoms with Crippen LogP contribution in [0.2, 0.25) is 0 Å². The van der Waals surface area contributed by atoms with E-state index in [4.69, 9.17) is 5.11 Å². The Kier molecular flexibility index (Phi) is 5.21. The van der Waals surface area contributed by atoms with E-state index < -0.39 is 0 Å². The molecule has 80 valence electrons. The Hall–Kier alpha value is -0.330. The molecule has 0 fully saturated rings. The van der Waals surface area contributed by atoms with E-state index in [0.29, 0.717) is 5.92 Å². The number of nitrogens with zero attached hydrogens (tertiary/aromatic N) is 2. The molecule has 1 aromatic rings. The monoisotopic (exact) mass is 233 g/mol. The van der Waals surface area contributed by atoms with Crippen molar-refractivity contribution in [2.75, 3.05) is 24.7 Å². The first-order chi connectivity index (χ1) is 6.76. The quantitative estimate of drug-likeness (QED) is 0.778. The summed E-state index contributed by atoms with van der Waals surface area (Å²) >= 11 is 3.36. The van der Waals surface area contributed by atoms with Crippen LogP contribution < -0.4 is 5.32 Å². The van der Waals surface area contributed by atoms with Crippen molar-refractivity contribution in [2.45, 2.75) is 12.7 Å². The molecule has 1 rings (SSSR count). The topological polar surface area (TPSA) is 58.0 Å². The molecule has 0 aliphatic heterocycles. The lowest BCUT2D eigenvalue weighted by Gasteiger charge is -2.04. The number of hydrogen-bond acceptors (Lipinski definition) is 6. The molecule has 1 atom stereocenters. The van der Waals surface area contributed by atoms with Crippen molar-refractivity contribution in [3.63, 3.8) is 0 Å². The maximum absolute atomic E-state index is 8.83. The van der Waals surface area contributed by atoms with E-state index in [0.717, 1.165) is 21.6 Å². The van der Waals surface area contributed by atoms with Crippen molar-refractivity contribution in [1.29, 1.82) is 0 Å². The van der Waals surface area contributed by atoms with E-state index in [1.165, 1.54) is 0 Å². The Balaban J connectivity index is 2.24. The van der Waals surface area contributed by atoms with Gasteiger partial charge in [-0.2, -0.15) is 11.8 Å². The summed E-state index contributed by atoms with van der Waals surface area (Å²) in [5.41, 5.74) is 0. The summed E-state index contributed by atoms with van der Waals surface area (Å²) in [7, 11) is 1.84. The minimum Gasteiger partial charge on any atom is -0.396 e. The van der Waals surface area contributed by atoms with Crippen LogP contribution in [0.5, 0.6) is 0 Å². The summed E-state index contributed by atoms with van der Waals surface area (Å²) in [5, 5.41) is 21.6. The van der Waals surface area contributed by atoms with Gasteiger partial charge in [-0.15, -0.1) is 10.2 Å². The lowest BCUT2D eigenvalue weighted by atomic mass is 10.2. The average Bonchev–Trinajstić information content (AvgIpc) is 2.65. The summed E-state index contributed by atoms with van der Waals surface area (Å²) in [4.78, 5) is 0. The Morgan fingerprint density at radius 3 is 2.93 bits per heavy atom. The van der Waals surface area contributed by atoms with E-state index in [1.807, 2.05) is 14.0 Å². The van der Waals surface area contributed by atoms with E-state index in [1.54, 1.807) is 23.1 Å². The molecule has 0 aromatic carbocycles. The maximum atomic E-state index is 8.83. The highest BCUT2D eigenvalue weighted by Gasteiger charge is 2.04. The number of thioether (sulfide) groups is 1. The summed E-state index contributed by atoms with van der Waals surface area (Å²) < 4.78 is 0. The van der Waals surface area contributed by atoms with E-state index >= 15 is 0 Å². The van der Waals surface area contributed by atoms with Crippen LogP contribution in [-0.2, 0) is 5.75 Å². The summed E-state index contributed by atoms with van der Waals surface area (Å²) in [6.45, 7) is 2.29. The molecule has 0 aliphatic rings. The van der Waals surface area contributed by atoms with E-state index in [-0.39, 0.29) is 6.61 Å². The summed E-state index contributed by atoms with van der Waals surface area (Å²) in [6, 6.07) is 0. The zero-order valence-electron chi connectivity index (χ0n) is 8.36. The molecular weight excluding hydrogens is 218 g/mol. The highest BCUT2D eigenvalue weighted by atomic mass is 32.2. The number of aromatic nitrogens is 2. The fourth-order valence-corrected chi connectivity index (χ4v) is 2.65. The van der Waals surface area contributed by atoms with Gasteiger partial charge in [0, 0.05) is 19.4 Å². The second-order valence-corrected chi connectivity index (χ2v) is 5.15. The van der Waals surface area contributed by atoms with E-state index in [9.17, 15) is 0 Å². The highest BCUT2D eigenvalue weighted by molar-refractivity contribution is 7.98. The number of hydrogen-bond donors (Lipinski definition) is 2. The van der Waals surface area contributed by atoms with Crippen LogP contribution in [0.3, 0.4) is 0 Å². The molecule has 1 heterocycles. The zero-order chi connectivity index (χ0) is 10.4. The van der Waals surface area contributed by atoms with Gasteiger partial charge in [-0.1, -0.05) is 18.3 Å². The van der Waals surface area contributed by atoms with Gasteiger partial charge in [-0.05, 0) is 11.7 Å². The predicted octanol–water partition coefficient (Wildman–Crippen LogP) is 1.44. The number of aliphatic hydroxyl groups excluding tert-OH is 1. The first kappa shape index (κ1) is 11.7. The van der Waals surface area contributed by atoms with Crippen LogP contribution in [0.15, 0.2) is 0 Å². The number of anilines is 1. The summed E-state index contributed by atoms with van der Waals surface area (Å²) in [5.74, 6) is 2.20. The fraction of sp³-hybridized carbons (Fsp3) is 0.750. The Morgan fingerprint density at radius 1 is 1.57 bits per heavy atom. The smallest absolute Gasteiger partial charge is 0.205 e. The van der Waals surface area contributed by atoms with Crippen molar-refractivity contribution in [1.82, 2.24) is 10.2 Å². The van der Waals surface area contributed by atoms with Crippen molar-refractivity contribution < 1.29 is 5.11 Å². The van der Waals surface area contributed by atoms with Crippen LogP contribution in [0.25, 0.3) is 0 Å². The van der Waals surface area contributed by atoms with Gasteiger partial charge in [-0.25, -0.2) is 0 Å². The second kappa shape index (κ2) is 6.21. The molecule has 0 spiro atoms. The largest absolute Gasteiger partial charge is 0.396 e. The Morgan fingerprint density at radius 2 is 2.36 bits per heavy atom. The van der Waals surface area contributed by atoms with Gasteiger partial charge in [0.1, 0.15) is 5.01 Å². The van der Waals surface area contributed by atoms with Crippen LogP contribution in [0, 0.1) is 5.92 Å². The molecular formula is C8H15N3OS2. The Labute approximate surface area is 92.1 Å². The number of rotatable bonds is 6. The molecule has 0 bridgehead atoms. The van der Waals surface area contributed by atoms with Crippen LogP contribution in [-0.4, -0.2) is 34.7 Å². The van der Waals surface area contributed by atoms with Crippen molar-refractivity contribution in [3.8, 4) is 0 Å². The minimum atomic E-state index is 0.255. The summed E-state index contributed by atoms with van der Waals surface area (Å²) in [6.07, 6.45) is 0. The SMILES string of the molecule is CNc1nnc(CSCC(C)CO)s1. The van der Waals surface area contributed by atoms with Gasteiger partial charge in [0.15, 0.2) is 0 Å². The third-order valence-electron chi connectivity index (χ3n) is 1.62. The van der Waals surface area contributed by atoms with Crippen molar-refractivity contribution >= 4 is 28.2 Å². The molecule has 0 aliphatic carbocycles. The molecule has 6 heteroatoms. The van der Waals surface area contributed by atoms with Gasteiger partial charge in [0.2, 0.25) is 5.13 Å². The van der Waals surface area contributed by atoms with Gasteiger partial charge < -0.3 is 10.4 Å². The minimum absolute atomic E-state index is 0.255. The first-order valence-corrected chi connectivity index (χ1v) is 6.42. The molecule has 0 saturated carbocycles. The molecule has 1 aromatic heterocycles. The van der Waals surface area contributed by atoms with Crippen molar-refractivity contribution in [2.24, 2.45) is 5.92 Å². The van der Waals surface area contributed by atoms with Crippen LogP contribution in [0.4, 0.5) is 5.13 Å². The zero-order valence-corrected chi connectivity index (χ0v) is 9.99. The molecule has 0 radical (unpaired) electrons. The lowest BCUT2D eigenvalue weighted by molar-refractivity contribution is 0.250. The third-order valence-corrected chi connectivity index (χ3v) is 4.03.